The summed E-state index contributed by atoms with van der Waals surface area (Å²) in [5, 5.41) is 17.0. The van der Waals surface area contributed by atoms with E-state index in [0.717, 1.165) is 30.4 Å². The van der Waals surface area contributed by atoms with E-state index in [1.165, 1.54) is 64.6 Å². The van der Waals surface area contributed by atoms with Crippen molar-refractivity contribution in [1.29, 1.82) is 0 Å². The Balaban J connectivity index is 0.00000320. The van der Waals surface area contributed by atoms with Crippen LogP contribution < -0.4 is 15.4 Å². The molecular weight excluding hydrogens is 491 g/mol. The number of aromatic hydroxyl groups is 1. The zero-order valence-corrected chi connectivity index (χ0v) is 20.9. The fraction of sp³-hybridized carbons (Fsp3) is 0.696. The topological polar surface area (TPSA) is 69.1 Å². The maximum Gasteiger partial charge on any atom is 0.191 e. The van der Waals surface area contributed by atoms with Gasteiger partial charge in [0.15, 0.2) is 5.96 Å². The number of ether oxygens (including phenoxy) is 1. The van der Waals surface area contributed by atoms with Crippen LogP contribution in [0.1, 0.15) is 50.5 Å². The van der Waals surface area contributed by atoms with Crippen molar-refractivity contribution in [2.45, 2.75) is 57.4 Å². The Bertz CT molecular complexity index is 657. The predicted molar refractivity (Wildman–Crippen MR) is 134 cm³/mol. The second kappa shape index (κ2) is 13.2. The van der Waals surface area contributed by atoms with Gasteiger partial charge in [0.25, 0.3) is 0 Å². The van der Waals surface area contributed by atoms with Crippen LogP contribution in [0, 0.1) is 5.92 Å². The summed E-state index contributed by atoms with van der Waals surface area (Å²) in [6.45, 7) is 4.39. The highest BCUT2D eigenvalue weighted by Gasteiger charge is 2.23. The lowest BCUT2D eigenvalue weighted by Gasteiger charge is -2.36. The summed E-state index contributed by atoms with van der Waals surface area (Å²) in [6, 6.07) is 5.93. The number of guanidine groups is 1. The number of hydrogen-bond acceptors (Lipinski definition) is 4. The van der Waals surface area contributed by atoms with Crippen LogP contribution in [0.15, 0.2) is 23.2 Å². The molecule has 1 aromatic carbocycles. The average Bonchev–Trinajstić information content (AvgIpc) is 2.76. The molecule has 1 heterocycles. The summed E-state index contributed by atoms with van der Waals surface area (Å²) in [4.78, 5) is 7.04. The van der Waals surface area contributed by atoms with Crippen LogP contribution in [-0.2, 0) is 6.42 Å². The number of nitrogens with zero attached hydrogens (tertiary/aromatic N) is 2. The highest BCUT2D eigenvalue weighted by atomic mass is 127. The Hall–Kier alpha value is -1.22. The van der Waals surface area contributed by atoms with Gasteiger partial charge in [-0.2, -0.15) is 0 Å². The summed E-state index contributed by atoms with van der Waals surface area (Å²) in [5.41, 5.74) is 0.907. The van der Waals surface area contributed by atoms with Gasteiger partial charge in [0, 0.05) is 45.3 Å². The minimum atomic E-state index is 0. The fourth-order valence-electron chi connectivity index (χ4n) is 4.58. The molecule has 30 heavy (non-hydrogen) atoms. The van der Waals surface area contributed by atoms with E-state index in [4.69, 9.17) is 4.74 Å². The molecule has 0 spiro atoms. The highest BCUT2D eigenvalue weighted by Crippen LogP contribution is 2.26. The van der Waals surface area contributed by atoms with Crippen molar-refractivity contribution in [2.24, 2.45) is 10.9 Å². The maximum absolute atomic E-state index is 10.1. The number of halogens is 1. The molecule has 1 saturated carbocycles. The van der Waals surface area contributed by atoms with Gasteiger partial charge in [0.05, 0.1) is 7.11 Å². The highest BCUT2D eigenvalue weighted by molar-refractivity contribution is 14.0. The van der Waals surface area contributed by atoms with Gasteiger partial charge in [-0.1, -0.05) is 25.3 Å². The van der Waals surface area contributed by atoms with Gasteiger partial charge in [-0.25, -0.2) is 0 Å². The molecule has 1 aromatic rings. The van der Waals surface area contributed by atoms with Crippen LogP contribution in [0.3, 0.4) is 0 Å². The third-order valence-electron chi connectivity index (χ3n) is 6.37. The fourth-order valence-corrected chi connectivity index (χ4v) is 4.58. The van der Waals surface area contributed by atoms with E-state index >= 15 is 0 Å². The first-order chi connectivity index (χ1) is 14.2. The standard InChI is InChI=1S/C23H38N4O2.HI/c1-24-23(25-13-10-19-8-9-21(29-2)16-22(19)28)26-20-11-14-27(15-12-20)17-18-6-4-3-5-7-18;/h8-9,16,18,20,28H,3-7,10-15,17H2,1-2H3,(H2,24,25,26);1H. The molecule has 170 valence electrons. The quantitative estimate of drug-likeness (QED) is 0.285. The van der Waals surface area contributed by atoms with Crippen LogP contribution in [-0.4, -0.2) is 62.3 Å². The van der Waals surface area contributed by atoms with Gasteiger partial charge in [-0.15, -0.1) is 24.0 Å². The molecule has 1 aliphatic carbocycles. The first-order valence-electron chi connectivity index (χ1n) is 11.2. The van der Waals surface area contributed by atoms with Gasteiger partial charge in [-0.3, -0.25) is 4.99 Å². The summed E-state index contributed by atoms with van der Waals surface area (Å²) in [5.74, 6) is 2.73. The van der Waals surface area contributed by atoms with Crippen LogP contribution in [0.2, 0.25) is 0 Å². The Morgan fingerprint density at radius 1 is 1.17 bits per heavy atom. The summed E-state index contributed by atoms with van der Waals surface area (Å²) in [6.07, 6.45) is 10.2. The average molecular weight is 530 g/mol. The molecular formula is C23H39IN4O2. The Labute approximate surface area is 198 Å². The van der Waals surface area contributed by atoms with E-state index in [2.05, 4.69) is 20.5 Å². The lowest BCUT2D eigenvalue weighted by Crippen LogP contribution is -2.49. The number of phenols is 1. The number of phenolic OH excluding ortho intramolecular Hbond substituents is 1. The van der Waals surface area contributed by atoms with Crippen molar-refractivity contribution in [1.82, 2.24) is 15.5 Å². The number of piperidine rings is 1. The molecule has 2 aliphatic rings. The minimum absolute atomic E-state index is 0. The zero-order chi connectivity index (χ0) is 20.5. The Morgan fingerprint density at radius 2 is 1.90 bits per heavy atom. The van der Waals surface area contributed by atoms with Crippen molar-refractivity contribution < 1.29 is 9.84 Å². The second-order valence-corrected chi connectivity index (χ2v) is 8.47. The molecule has 0 radical (unpaired) electrons. The van der Waals surface area contributed by atoms with Gasteiger partial charge in [-0.05, 0) is 49.7 Å². The summed E-state index contributed by atoms with van der Waals surface area (Å²) < 4.78 is 5.14. The predicted octanol–water partition coefficient (Wildman–Crippen LogP) is 3.77. The normalized spacial score (nSPS) is 19.2. The van der Waals surface area contributed by atoms with Crippen LogP contribution in [0.5, 0.6) is 11.5 Å². The lowest BCUT2D eigenvalue weighted by atomic mass is 9.88. The molecule has 0 atom stereocenters. The van der Waals surface area contributed by atoms with Crippen LogP contribution in [0.25, 0.3) is 0 Å². The summed E-state index contributed by atoms with van der Waals surface area (Å²) in [7, 11) is 3.42. The molecule has 7 heteroatoms. The third kappa shape index (κ3) is 7.80. The molecule has 0 amide bonds. The zero-order valence-electron chi connectivity index (χ0n) is 18.5. The van der Waals surface area contributed by atoms with E-state index < -0.39 is 0 Å². The minimum Gasteiger partial charge on any atom is -0.508 e. The number of likely N-dealkylation sites (tertiary alicyclic amines) is 1. The third-order valence-corrected chi connectivity index (χ3v) is 6.37. The number of rotatable bonds is 7. The molecule has 3 rings (SSSR count). The SMILES string of the molecule is CN=C(NCCc1ccc(OC)cc1O)NC1CCN(CC2CCCCC2)CC1.I. The van der Waals surface area contributed by atoms with Crippen molar-refractivity contribution >= 4 is 29.9 Å². The van der Waals surface area contributed by atoms with E-state index in [9.17, 15) is 5.11 Å². The first-order valence-corrected chi connectivity index (χ1v) is 11.2. The number of nitrogens with one attached hydrogen (secondary N) is 2. The van der Waals surface area contributed by atoms with Crippen molar-refractivity contribution in [3.05, 3.63) is 23.8 Å². The molecule has 0 aromatic heterocycles. The van der Waals surface area contributed by atoms with Gasteiger partial charge < -0.3 is 25.4 Å². The maximum atomic E-state index is 10.1. The van der Waals surface area contributed by atoms with Crippen LogP contribution in [0.4, 0.5) is 0 Å². The van der Waals surface area contributed by atoms with E-state index in [1.807, 2.05) is 19.2 Å². The van der Waals surface area contributed by atoms with Crippen molar-refractivity contribution in [3.63, 3.8) is 0 Å². The molecule has 0 unspecified atom stereocenters. The molecule has 2 fully saturated rings. The van der Waals surface area contributed by atoms with E-state index in [1.54, 1.807) is 13.2 Å². The largest absolute Gasteiger partial charge is 0.508 e. The molecule has 3 N–H and O–H groups in total. The Morgan fingerprint density at radius 3 is 2.53 bits per heavy atom. The molecule has 1 aliphatic heterocycles. The molecule has 6 nitrogen and oxygen atoms in total. The van der Waals surface area contributed by atoms with E-state index in [-0.39, 0.29) is 29.7 Å². The monoisotopic (exact) mass is 530 g/mol. The Kier molecular flexibility index (Phi) is 11.1. The van der Waals surface area contributed by atoms with Crippen LogP contribution >= 0.6 is 24.0 Å². The molecule has 1 saturated heterocycles. The number of methoxy groups -OCH3 is 1. The van der Waals surface area contributed by atoms with Gasteiger partial charge in [0.2, 0.25) is 0 Å². The first kappa shape index (κ1) is 25.0. The smallest absolute Gasteiger partial charge is 0.191 e. The van der Waals surface area contributed by atoms with Crippen molar-refractivity contribution in [2.75, 3.05) is 40.3 Å². The lowest BCUT2D eigenvalue weighted by molar-refractivity contribution is 0.160. The van der Waals surface area contributed by atoms with Gasteiger partial charge in [0.1, 0.15) is 11.5 Å². The summed E-state index contributed by atoms with van der Waals surface area (Å²) >= 11 is 0. The second-order valence-electron chi connectivity index (χ2n) is 8.47. The van der Waals surface area contributed by atoms with Crippen molar-refractivity contribution in [3.8, 4) is 11.5 Å². The number of benzene rings is 1. The number of hydrogen-bond donors (Lipinski definition) is 3. The molecule has 0 bridgehead atoms. The van der Waals surface area contributed by atoms with E-state index in [0.29, 0.717) is 11.8 Å². The van der Waals surface area contributed by atoms with Gasteiger partial charge >= 0.3 is 0 Å². The number of aliphatic imine (C=N–C) groups is 1.